The number of aryl methyl sites for hydroxylation is 1. The number of aliphatic imine (C=N–C) groups is 1. The minimum absolute atomic E-state index is 0. The Hall–Kier alpha value is -3.89. The first-order valence-corrected chi connectivity index (χ1v) is 9.92. The molecule has 6 heteroatoms. The summed E-state index contributed by atoms with van der Waals surface area (Å²) in [6.07, 6.45) is 6.28. The SMILES string of the molecule is C=C=C(Nc1cc(C(=N)N=C(C=C)[C@H]2C[C@@H]2F)ccc1C)c1cnc2cnccc2c1.[HH]. The molecule has 5 nitrogen and oxygen atoms in total. The first-order valence-electron chi connectivity index (χ1n) is 9.92. The van der Waals surface area contributed by atoms with Crippen LogP contribution in [0.15, 0.2) is 78.9 Å². The van der Waals surface area contributed by atoms with Gasteiger partial charge in [-0.2, -0.15) is 0 Å². The van der Waals surface area contributed by atoms with Gasteiger partial charge in [-0.25, -0.2) is 9.38 Å². The Balaban J connectivity index is 0.00000289. The predicted octanol–water partition coefficient (Wildman–Crippen LogP) is 5.73. The number of fused-ring (bicyclic) bond motifs is 1. The van der Waals surface area contributed by atoms with Crippen LogP contribution in [0.3, 0.4) is 0 Å². The summed E-state index contributed by atoms with van der Waals surface area (Å²) in [4.78, 5) is 12.8. The fourth-order valence-corrected chi connectivity index (χ4v) is 3.31. The lowest BCUT2D eigenvalue weighted by Gasteiger charge is -2.13. The number of hydrogen-bond acceptors (Lipinski definition) is 4. The lowest BCUT2D eigenvalue weighted by Crippen LogP contribution is -2.06. The molecule has 2 atom stereocenters. The number of amidine groups is 1. The number of pyridine rings is 2. The Morgan fingerprint density at radius 2 is 2.13 bits per heavy atom. The Labute approximate surface area is 181 Å². The van der Waals surface area contributed by atoms with Crippen molar-refractivity contribution >= 4 is 33.8 Å². The van der Waals surface area contributed by atoms with Crippen LogP contribution in [0.25, 0.3) is 16.6 Å². The number of allylic oxidation sites excluding steroid dienone is 1. The van der Waals surface area contributed by atoms with Gasteiger partial charge in [-0.15, -0.1) is 5.73 Å². The zero-order valence-electron chi connectivity index (χ0n) is 17.2. The number of hydrogen-bond donors (Lipinski definition) is 2. The van der Waals surface area contributed by atoms with Crippen molar-refractivity contribution in [3.8, 4) is 0 Å². The summed E-state index contributed by atoms with van der Waals surface area (Å²) in [5, 5.41) is 12.7. The van der Waals surface area contributed by atoms with Gasteiger partial charge in [0.1, 0.15) is 6.17 Å². The van der Waals surface area contributed by atoms with Gasteiger partial charge >= 0.3 is 0 Å². The molecule has 0 bridgehead atoms. The molecule has 0 saturated heterocycles. The van der Waals surface area contributed by atoms with Crippen molar-refractivity contribution in [2.75, 3.05) is 5.32 Å². The fourth-order valence-electron chi connectivity index (χ4n) is 3.31. The topological polar surface area (TPSA) is 74.0 Å². The number of benzene rings is 1. The van der Waals surface area contributed by atoms with E-state index in [9.17, 15) is 4.39 Å². The van der Waals surface area contributed by atoms with Gasteiger partial charge in [0.15, 0.2) is 5.84 Å². The van der Waals surface area contributed by atoms with E-state index >= 15 is 0 Å². The zero-order chi connectivity index (χ0) is 22.0. The molecule has 1 fully saturated rings. The summed E-state index contributed by atoms with van der Waals surface area (Å²) in [5.74, 6) is -0.173. The van der Waals surface area contributed by atoms with Crippen LogP contribution in [0.4, 0.5) is 10.1 Å². The number of aromatic nitrogens is 2. The Morgan fingerprint density at radius 1 is 1.32 bits per heavy atom. The Kier molecular flexibility index (Phi) is 5.56. The molecule has 4 rings (SSSR count). The molecule has 31 heavy (non-hydrogen) atoms. The van der Waals surface area contributed by atoms with E-state index in [0.29, 0.717) is 23.4 Å². The van der Waals surface area contributed by atoms with Gasteiger partial charge in [0, 0.05) is 47.7 Å². The fraction of sp³-hybridized carbons (Fsp3) is 0.160. The molecule has 1 aliphatic carbocycles. The van der Waals surface area contributed by atoms with E-state index in [0.717, 1.165) is 27.7 Å². The van der Waals surface area contributed by atoms with Crippen molar-refractivity contribution in [1.82, 2.24) is 9.97 Å². The van der Waals surface area contributed by atoms with Gasteiger partial charge < -0.3 is 5.32 Å². The molecule has 0 amide bonds. The standard InChI is InChI=1S/C25H22FN5.H2/c1-4-21(18-10-16-8-9-28-14-24(16)29-13-18)30-23-11-17(7-6-15(23)3)25(27)31-22(5-2)19-12-20(19)26;/h5-11,13-14,19-20,27,30H,1-2,12H2,3H3;1H/t19-,20-;/m0./s1. The van der Waals surface area contributed by atoms with Crippen LogP contribution in [-0.2, 0) is 0 Å². The van der Waals surface area contributed by atoms with Crippen LogP contribution in [0.1, 0.15) is 24.5 Å². The van der Waals surface area contributed by atoms with Gasteiger partial charge in [0.05, 0.1) is 17.4 Å². The predicted molar refractivity (Wildman–Crippen MR) is 126 cm³/mol. The normalized spacial score (nSPS) is 17.7. The summed E-state index contributed by atoms with van der Waals surface area (Å²) in [6, 6.07) is 9.48. The molecule has 2 heterocycles. The van der Waals surface area contributed by atoms with Crippen LogP contribution in [0.2, 0.25) is 0 Å². The lowest BCUT2D eigenvalue weighted by molar-refractivity contribution is 0.468. The highest BCUT2D eigenvalue weighted by Gasteiger charge is 2.40. The molecule has 156 valence electrons. The minimum atomic E-state index is -0.883. The van der Waals surface area contributed by atoms with Crippen LogP contribution < -0.4 is 5.32 Å². The number of anilines is 1. The smallest absolute Gasteiger partial charge is 0.152 e. The molecule has 1 saturated carbocycles. The molecule has 3 aromatic rings. The zero-order valence-corrected chi connectivity index (χ0v) is 17.2. The Morgan fingerprint density at radius 3 is 2.84 bits per heavy atom. The Bertz CT molecular complexity index is 1280. The molecule has 1 aromatic carbocycles. The third-order valence-electron chi connectivity index (χ3n) is 5.27. The third kappa shape index (κ3) is 4.34. The van der Waals surface area contributed by atoms with Gasteiger partial charge in [-0.1, -0.05) is 25.3 Å². The molecule has 0 aliphatic heterocycles. The first-order chi connectivity index (χ1) is 15.0. The minimum Gasteiger partial charge on any atom is -0.348 e. The second-order valence-corrected chi connectivity index (χ2v) is 7.45. The molecule has 0 spiro atoms. The monoisotopic (exact) mass is 413 g/mol. The summed E-state index contributed by atoms with van der Waals surface area (Å²) >= 11 is 0. The van der Waals surface area contributed by atoms with Crippen molar-refractivity contribution in [3.05, 3.63) is 90.6 Å². The highest BCUT2D eigenvalue weighted by atomic mass is 19.1. The van der Waals surface area contributed by atoms with Crippen LogP contribution in [0, 0.1) is 18.3 Å². The van der Waals surface area contributed by atoms with Gasteiger partial charge in [0.25, 0.3) is 0 Å². The number of alkyl halides is 1. The maximum absolute atomic E-state index is 13.4. The van der Waals surface area contributed by atoms with E-state index in [2.05, 4.69) is 39.2 Å². The number of halogens is 1. The van der Waals surface area contributed by atoms with Crippen molar-refractivity contribution in [2.45, 2.75) is 19.5 Å². The van der Waals surface area contributed by atoms with Gasteiger partial charge in [0.2, 0.25) is 0 Å². The highest BCUT2D eigenvalue weighted by Crippen LogP contribution is 2.35. The van der Waals surface area contributed by atoms with E-state index in [4.69, 9.17) is 5.41 Å². The van der Waals surface area contributed by atoms with E-state index in [1.807, 2.05) is 37.3 Å². The second-order valence-electron chi connectivity index (χ2n) is 7.45. The maximum atomic E-state index is 13.4. The summed E-state index contributed by atoms with van der Waals surface area (Å²) in [5.41, 5.74) is 8.19. The van der Waals surface area contributed by atoms with Gasteiger partial charge in [-0.05, 0) is 43.2 Å². The molecular formula is C25H24FN5. The quantitative estimate of drug-likeness (QED) is 0.308. The molecule has 1 aliphatic rings. The average molecular weight is 414 g/mol. The van der Waals surface area contributed by atoms with Crippen LogP contribution in [0.5, 0.6) is 0 Å². The van der Waals surface area contributed by atoms with Crippen LogP contribution >= 0.6 is 0 Å². The maximum Gasteiger partial charge on any atom is 0.152 e. The second kappa shape index (κ2) is 8.46. The van der Waals surface area contributed by atoms with Crippen molar-refractivity contribution in [1.29, 1.82) is 5.41 Å². The van der Waals surface area contributed by atoms with E-state index < -0.39 is 6.17 Å². The molecular weight excluding hydrogens is 389 g/mol. The van der Waals surface area contributed by atoms with Crippen molar-refractivity contribution < 1.29 is 5.82 Å². The molecule has 0 unspecified atom stereocenters. The van der Waals surface area contributed by atoms with Crippen molar-refractivity contribution in [3.63, 3.8) is 0 Å². The first kappa shape index (κ1) is 20.4. The van der Waals surface area contributed by atoms with E-state index in [1.165, 1.54) is 6.08 Å². The van der Waals surface area contributed by atoms with Crippen LogP contribution in [-0.4, -0.2) is 27.7 Å². The summed E-state index contributed by atoms with van der Waals surface area (Å²) in [6.45, 7) is 9.48. The van der Waals surface area contributed by atoms with E-state index in [-0.39, 0.29) is 13.2 Å². The lowest BCUT2D eigenvalue weighted by atomic mass is 10.1. The molecule has 2 aromatic heterocycles. The summed E-state index contributed by atoms with van der Waals surface area (Å²) < 4.78 is 13.4. The van der Waals surface area contributed by atoms with Crippen molar-refractivity contribution in [2.24, 2.45) is 10.9 Å². The largest absolute Gasteiger partial charge is 0.348 e. The summed E-state index contributed by atoms with van der Waals surface area (Å²) in [7, 11) is 0. The van der Waals surface area contributed by atoms with E-state index in [1.54, 1.807) is 18.6 Å². The number of rotatable bonds is 6. The molecule has 2 N–H and O–H groups in total. The third-order valence-corrected chi connectivity index (χ3v) is 5.27. The average Bonchev–Trinajstić information content (AvgIpc) is 3.52. The molecule has 0 radical (unpaired) electrons. The number of nitrogens with zero attached hydrogens (tertiary/aromatic N) is 3. The van der Waals surface area contributed by atoms with Gasteiger partial charge in [-0.3, -0.25) is 15.4 Å². The highest BCUT2D eigenvalue weighted by molar-refractivity contribution is 6.10. The number of nitrogens with one attached hydrogen (secondary N) is 2.